The highest BCUT2D eigenvalue weighted by molar-refractivity contribution is 14.0. The zero-order valence-corrected chi connectivity index (χ0v) is 20.0. The summed E-state index contributed by atoms with van der Waals surface area (Å²) in [6.07, 6.45) is 2.07. The summed E-state index contributed by atoms with van der Waals surface area (Å²) >= 11 is 1.74. The standard InChI is InChI=1S/C19H33N5OS.HI/c1-5-20-19(21-12-15(2)16-8-11-26-14-16)22-17-6-9-24(10-7-17)13-18(25)23(3)4;/h8,11,14-15,17H,5-7,9-10,12-13H2,1-4H3,(H2,20,21,22);1H. The van der Waals surface area contributed by atoms with Crippen LogP contribution in [0, 0.1) is 0 Å². The van der Waals surface area contributed by atoms with Crippen LogP contribution in [0.5, 0.6) is 0 Å². The molecule has 1 atom stereocenters. The lowest BCUT2D eigenvalue weighted by atomic mass is 10.0. The quantitative estimate of drug-likeness (QED) is 0.339. The van der Waals surface area contributed by atoms with Crippen LogP contribution in [0.15, 0.2) is 21.8 Å². The Morgan fingerprint density at radius 3 is 2.67 bits per heavy atom. The molecule has 1 saturated heterocycles. The molecule has 6 nitrogen and oxygen atoms in total. The fourth-order valence-corrected chi connectivity index (χ4v) is 3.75. The number of nitrogens with one attached hydrogen (secondary N) is 2. The Kier molecular flexibility index (Phi) is 11.2. The van der Waals surface area contributed by atoms with E-state index in [2.05, 4.69) is 46.2 Å². The fraction of sp³-hybridized carbons (Fsp3) is 0.684. The molecule has 1 aliphatic heterocycles. The molecule has 0 radical (unpaired) electrons. The van der Waals surface area contributed by atoms with E-state index in [4.69, 9.17) is 4.99 Å². The van der Waals surface area contributed by atoms with Crippen LogP contribution in [-0.4, -0.2) is 74.5 Å². The molecule has 1 unspecified atom stereocenters. The van der Waals surface area contributed by atoms with Gasteiger partial charge in [-0.2, -0.15) is 11.3 Å². The Bertz CT molecular complexity index is 571. The molecule has 2 heterocycles. The first-order chi connectivity index (χ1) is 12.5. The molecule has 0 bridgehead atoms. The summed E-state index contributed by atoms with van der Waals surface area (Å²) in [5, 5.41) is 11.2. The number of hydrogen-bond donors (Lipinski definition) is 2. The van der Waals surface area contributed by atoms with E-state index in [1.54, 1.807) is 16.2 Å². The van der Waals surface area contributed by atoms with Gasteiger partial charge in [0.15, 0.2) is 5.96 Å². The number of carbonyl (C=O) groups excluding carboxylic acids is 1. The van der Waals surface area contributed by atoms with Crippen molar-refractivity contribution < 1.29 is 4.79 Å². The van der Waals surface area contributed by atoms with Gasteiger partial charge in [-0.15, -0.1) is 24.0 Å². The first-order valence-corrected chi connectivity index (χ1v) is 10.4. The van der Waals surface area contributed by atoms with Gasteiger partial charge in [0.1, 0.15) is 0 Å². The van der Waals surface area contributed by atoms with Crippen LogP contribution in [0.1, 0.15) is 38.2 Å². The number of amides is 1. The van der Waals surface area contributed by atoms with E-state index >= 15 is 0 Å². The highest BCUT2D eigenvalue weighted by Gasteiger charge is 2.22. The zero-order chi connectivity index (χ0) is 18.9. The Morgan fingerprint density at radius 1 is 1.41 bits per heavy atom. The minimum absolute atomic E-state index is 0. The average molecular weight is 507 g/mol. The Labute approximate surface area is 184 Å². The van der Waals surface area contributed by atoms with Crippen LogP contribution in [0.25, 0.3) is 0 Å². The lowest BCUT2D eigenvalue weighted by molar-refractivity contribution is -0.130. The summed E-state index contributed by atoms with van der Waals surface area (Å²) < 4.78 is 0. The normalized spacial score (nSPS) is 17.1. The van der Waals surface area contributed by atoms with Gasteiger partial charge in [0.25, 0.3) is 0 Å². The number of piperidine rings is 1. The third-order valence-electron chi connectivity index (χ3n) is 4.77. The van der Waals surface area contributed by atoms with Gasteiger partial charge in [0.2, 0.25) is 5.91 Å². The van der Waals surface area contributed by atoms with E-state index in [1.165, 1.54) is 5.56 Å². The van der Waals surface area contributed by atoms with Crippen molar-refractivity contribution in [2.24, 2.45) is 4.99 Å². The maximum absolute atomic E-state index is 11.8. The van der Waals surface area contributed by atoms with Gasteiger partial charge in [0.05, 0.1) is 6.54 Å². The van der Waals surface area contributed by atoms with E-state index in [1.807, 2.05) is 14.1 Å². The van der Waals surface area contributed by atoms with Crippen molar-refractivity contribution in [1.82, 2.24) is 20.4 Å². The first-order valence-electron chi connectivity index (χ1n) is 9.49. The Hall–Kier alpha value is -0.870. The molecule has 0 aromatic carbocycles. The molecule has 154 valence electrons. The molecule has 1 aliphatic rings. The van der Waals surface area contributed by atoms with E-state index in [0.717, 1.165) is 45.0 Å². The number of hydrogen-bond acceptors (Lipinski definition) is 4. The van der Waals surface area contributed by atoms with E-state index in [-0.39, 0.29) is 29.9 Å². The molecule has 8 heteroatoms. The van der Waals surface area contributed by atoms with Gasteiger partial charge in [-0.1, -0.05) is 6.92 Å². The predicted molar refractivity (Wildman–Crippen MR) is 125 cm³/mol. The second kappa shape index (κ2) is 12.6. The van der Waals surface area contributed by atoms with Crippen molar-refractivity contribution in [3.05, 3.63) is 22.4 Å². The lowest BCUT2D eigenvalue weighted by Gasteiger charge is -2.33. The van der Waals surface area contributed by atoms with Crippen LogP contribution >= 0.6 is 35.3 Å². The second-order valence-electron chi connectivity index (χ2n) is 7.16. The Morgan fingerprint density at radius 2 is 2.11 bits per heavy atom. The predicted octanol–water partition coefficient (Wildman–Crippen LogP) is 2.58. The minimum atomic E-state index is 0. The number of thiophene rings is 1. The molecule has 2 N–H and O–H groups in total. The first kappa shape index (κ1) is 24.2. The van der Waals surface area contributed by atoms with Crippen molar-refractivity contribution in [3.63, 3.8) is 0 Å². The summed E-state index contributed by atoms with van der Waals surface area (Å²) in [6, 6.07) is 2.59. The van der Waals surface area contributed by atoms with Crippen molar-refractivity contribution in [2.75, 3.05) is 46.8 Å². The zero-order valence-electron chi connectivity index (χ0n) is 16.9. The number of nitrogens with zero attached hydrogens (tertiary/aromatic N) is 3. The molecule has 27 heavy (non-hydrogen) atoms. The number of guanidine groups is 1. The minimum Gasteiger partial charge on any atom is -0.357 e. The average Bonchev–Trinajstić information content (AvgIpc) is 3.16. The van der Waals surface area contributed by atoms with Gasteiger partial charge < -0.3 is 15.5 Å². The smallest absolute Gasteiger partial charge is 0.236 e. The van der Waals surface area contributed by atoms with E-state index in [0.29, 0.717) is 18.5 Å². The third kappa shape index (κ3) is 8.35. The molecular weight excluding hydrogens is 473 g/mol. The topological polar surface area (TPSA) is 60.0 Å². The van der Waals surface area contributed by atoms with Crippen molar-refractivity contribution in [3.8, 4) is 0 Å². The van der Waals surface area contributed by atoms with Crippen LogP contribution < -0.4 is 10.6 Å². The second-order valence-corrected chi connectivity index (χ2v) is 7.94. The van der Waals surface area contributed by atoms with Crippen LogP contribution in [0.2, 0.25) is 0 Å². The third-order valence-corrected chi connectivity index (χ3v) is 5.47. The molecular formula is C19H34IN5OS. The monoisotopic (exact) mass is 507 g/mol. The molecule has 1 amide bonds. The molecule has 1 fully saturated rings. The Balaban J connectivity index is 0.00000364. The molecule has 2 rings (SSSR count). The van der Waals surface area contributed by atoms with E-state index in [9.17, 15) is 4.79 Å². The van der Waals surface area contributed by atoms with Gasteiger partial charge in [-0.05, 0) is 42.2 Å². The van der Waals surface area contributed by atoms with Crippen molar-refractivity contribution in [2.45, 2.75) is 38.6 Å². The van der Waals surface area contributed by atoms with Crippen LogP contribution in [0.3, 0.4) is 0 Å². The van der Waals surface area contributed by atoms with Gasteiger partial charge >= 0.3 is 0 Å². The number of carbonyl (C=O) groups is 1. The fourth-order valence-electron chi connectivity index (χ4n) is 2.97. The van der Waals surface area contributed by atoms with Crippen LogP contribution in [-0.2, 0) is 4.79 Å². The summed E-state index contributed by atoms with van der Waals surface area (Å²) in [7, 11) is 3.62. The molecule has 1 aromatic heterocycles. The summed E-state index contributed by atoms with van der Waals surface area (Å²) in [5.41, 5.74) is 1.36. The molecule has 1 aromatic rings. The number of likely N-dealkylation sites (tertiary alicyclic amines) is 1. The molecule has 0 saturated carbocycles. The molecule has 0 spiro atoms. The SMILES string of the molecule is CCNC(=NCC(C)c1ccsc1)NC1CCN(CC(=O)N(C)C)CC1.I. The highest BCUT2D eigenvalue weighted by atomic mass is 127. The lowest BCUT2D eigenvalue weighted by Crippen LogP contribution is -2.50. The highest BCUT2D eigenvalue weighted by Crippen LogP contribution is 2.18. The van der Waals surface area contributed by atoms with E-state index < -0.39 is 0 Å². The van der Waals surface area contributed by atoms with Crippen molar-refractivity contribution in [1.29, 1.82) is 0 Å². The molecule has 0 aliphatic carbocycles. The number of halogens is 1. The number of aliphatic imine (C=N–C) groups is 1. The summed E-state index contributed by atoms with van der Waals surface area (Å²) in [5.74, 6) is 1.50. The summed E-state index contributed by atoms with van der Waals surface area (Å²) in [6.45, 7) is 8.36. The maximum atomic E-state index is 11.8. The number of rotatable bonds is 7. The van der Waals surface area contributed by atoms with Crippen LogP contribution in [0.4, 0.5) is 0 Å². The number of likely N-dealkylation sites (N-methyl/N-ethyl adjacent to an activating group) is 1. The summed E-state index contributed by atoms with van der Waals surface area (Å²) in [4.78, 5) is 20.5. The largest absolute Gasteiger partial charge is 0.357 e. The van der Waals surface area contributed by atoms with Gasteiger partial charge in [-0.3, -0.25) is 14.7 Å². The maximum Gasteiger partial charge on any atom is 0.236 e. The van der Waals surface area contributed by atoms with Crippen molar-refractivity contribution >= 4 is 47.2 Å². The van der Waals surface area contributed by atoms with Gasteiger partial charge in [0, 0.05) is 52.2 Å². The van der Waals surface area contributed by atoms with Gasteiger partial charge in [-0.25, -0.2) is 0 Å².